The standard InChI is InChI=1S/C29H46F4N4O2/c1-16-10-20(7-8-24(16)30)25(19-5-6-19)36-27(38)22-12-18(15-37-14-17(2)39-28(37)34)11-21(13-22)23-4-3-9-35-26(23)29(31,32)33/h16-26,34-35H,3-15H2,1-2H3,(H,36,38)/t16?,17-,18?,20?,21?,22?,23?,24?,25-,26?/m0/s1. The Morgan fingerprint density at radius 2 is 1.85 bits per heavy atom. The number of ether oxygens (including phenoxy) is 1. The topological polar surface area (TPSA) is 77.5 Å². The summed E-state index contributed by atoms with van der Waals surface area (Å²) in [6, 6.07) is -1.39. The fourth-order valence-electron chi connectivity index (χ4n) is 8.23. The van der Waals surface area contributed by atoms with E-state index < -0.39 is 24.3 Å². The average Bonchev–Trinajstić information content (AvgIpc) is 3.68. The molecule has 5 aliphatic rings. The second-order valence-electron chi connectivity index (χ2n) is 13.4. The molecule has 0 bridgehead atoms. The van der Waals surface area contributed by atoms with Gasteiger partial charge >= 0.3 is 6.18 Å². The zero-order chi connectivity index (χ0) is 27.9. The van der Waals surface area contributed by atoms with E-state index in [0.717, 1.165) is 25.7 Å². The Morgan fingerprint density at radius 1 is 1.10 bits per heavy atom. The van der Waals surface area contributed by atoms with Crippen LogP contribution < -0.4 is 10.6 Å². The molecule has 3 aliphatic carbocycles. The number of nitrogens with one attached hydrogen (secondary N) is 3. The largest absolute Gasteiger partial charge is 0.460 e. The van der Waals surface area contributed by atoms with Crippen LogP contribution in [0.5, 0.6) is 0 Å². The fourth-order valence-corrected chi connectivity index (χ4v) is 8.23. The molecule has 5 rings (SSSR count). The predicted molar refractivity (Wildman–Crippen MR) is 141 cm³/mol. The van der Waals surface area contributed by atoms with Gasteiger partial charge in [-0.15, -0.1) is 0 Å². The molecule has 0 aromatic rings. The van der Waals surface area contributed by atoms with Crippen LogP contribution in [0.1, 0.15) is 78.1 Å². The number of piperidine rings is 1. The van der Waals surface area contributed by atoms with E-state index in [4.69, 9.17) is 10.1 Å². The second kappa shape index (κ2) is 11.7. The Kier molecular flexibility index (Phi) is 8.70. The quantitative estimate of drug-likeness (QED) is 0.372. The van der Waals surface area contributed by atoms with Crippen molar-refractivity contribution in [2.45, 2.75) is 109 Å². The number of hydrogen-bond donors (Lipinski definition) is 3. The monoisotopic (exact) mass is 558 g/mol. The van der Waals surface area contributed by atoms with Gasteiger partial charge in [-0.05, 0) is 113 Å². The Balaban J connectivity index is 1.32. The summed E-state index contributed by atoms with van der Waals surface area (Å²) in [5.41, 5.74) is 0. The minimum Gasteiger partial charge on any atom is -0.460 e. The summed E-state index contributed by atoms with van der Waals surface area (Å²) in [6.07, 6.45) is 1.97. The highest BCUT2D eigenvalue weighted by Gasteiger charge is 2.50. The van der Waals surface area contributed by atoms with Crippen LogP contribution in [0, 0.1) is 46.8 Å². The number of alkyl halides is 4. The van der Waals surface area contributed by atoms with Crippen molar-refractivity contribution in [2.75, 3.05) is 19.6 Å². The summed E-state index contributed by atoms with van der Waals surface area (Å²) in [4.78, 5) is 15.7. The summed E-state index contributed by atoms with van der Waals surface area (Å²) >= 11 is 0. The maximum Gasteiger partial charge on any atom is 0.404 e. The van der Waals surface area contributed by atoms with Crippen molar-refractivity contribution in [1.82, 2.24) is 15.5 Å². The molecule has 6 nitrogen and oxygen atoms in total. The van der Waals surface area contributed by atoms with E-state index >= 15 is 0 Å². The predicted octanol–water partition coefficient (Wildman–Crippen LogP) is 5.27. The Labute approximate surface area is 229 Å². The van der Waals surface area contributed by atoms with E-state index in [1.807, 2.05) is 18.7 Å². The molecule has 3 N–H and O–H groups in total. The number of halogens is 4. The van der Waals surface area contributed by atoms with Crippen LogP contribution in [-0.2, 0) is 9.53 Å². The molecule has 0 aromatic carbocycles. The zero-order valence-electron chi connectivity index (χ0n) is 23.3. The van der Waals surface area contributed by atoms with Gasteiger partial charge in [-0.25, -0.2) is 4.39 Å². The van der Waals surface area contributed by atoms with E-state index in [1.165, 1.54) is 0 Å². The Hall–Kier alpha value is -1.58. The van der Waals surface area contributed by atoms with Crippen molar-refractivity contribution in [3.05, 3.63) is 0 Å². The van der Waals surface area contributed by atoms with Crippen molar-refractivity contribution in [2.24, 2.45) is 41.4 Å². The molecule has 0 spiro atoms. The first-order valence-corrected chi connectivity index (χ1v) is 15.2. The number of hydrogen-bond acceptors (Lipinski definition) is 4. The first-order chi connectivity index (χ1) is 18.5. The number of carbonyl (C=O) groups is 1. The lowest BCUT2D eigenvalue weighted by molar-refractivity contribution is -0.179. The first kappa shape index (κ1) is 28.9. The van der Waals surface area contributed by atoms with Gasteiger partial charge in [0.15, 0.2) is 0 Å². The van der Waals surface area contributed by atoms with Gasteiger partial charge in [-0.1, -0.05) is 6.92 Å². The summed E-state index contributed by atoms with van der Waals surface area (Å²) < 4.78 is 61.8. The lowest BCUT2D eigenvalue weighted by Crippen LogP contribution is -2.55. The molecule has 8 unspecified atom stereocenters. The van der Waals surface area contributed by atoms with Gasteiger partial charge in [0.25, 0.3) is 6.02 Å². The Bertz CT molecular complexity index is 884. The van der Waals surface area contributed by atoms with Gasteiger partial charge in [-0.2, -0.15) is 13.2 Å². The molecule has 2 heterocycles. The highest BCUT2D eigenvalue weighted by molar-refractivity contribution is 5.79. The maximum atomic E-state index is 14.2. The van der Waals surface area contributed by atoms with Gasteiger partial charge in [0.1, 0.15) is 18.3 Å². The van der Waals surface area contributed by atoms with Gasteiger partial charge in [-0.3, -0.25) is 10.2 Å². The summed E-state index contributed by atoms with van der Waals surface area (Å²) in [7, 11) is 0. The Morgan fingerprint density at radius 3 is 2.49 bits per heavy atom. The average molecular weight is 559 g/mol. The van der Waals surface area contributed by atoms with Crippen molar-refractivity contribution in [3.8, 4) is 0 Å². The molecule has 39 heavy (non-hydrogen) atoms. The van der Waals surface area contributed by atoms with E-state index in [1.54, 1.807) is 0 Å². The third kappa shape index (κ3) is 6.84. The number of amidine groups is 1. The number of rotatable bonds is 7. The SMILES string of the molecule is CC1CC([C@@H](NC(=O)C2CC(CN3C[C@H](C)OC3=N)CC(C3CCCNC3C(F)(F)F)C2)C2CC2)CCC1F. The molecular formula is C29H46F4N4O2. The van der Waals surface area contributed by atoms with E-state index in [-0.39, 0.29) is 53.7 Å². The van der Waals surface area contributed by atoms with E-state index in [0.29, 0.717) is 64.1 Å². The highest BCUT2D eigenvalue weighted by Crippen LogP contribution is 2.46. The van der Waals surface area contributed by atoms with Crippen molar-refractivity contribution in [3.63, 3.8) is 0 Å². The molecule has 2 saturated heterocycles. The smallest absolute Gasteiger partial charge is 0.404 e. The molecule has 5 fully saturated rings. The minimum atomic E-state index is -4.32. The van der Waals surface area contributed by atoms with Crippen LogP contribution in [-0.4, -0.2) is 67.0 Å². The van der Waals surface area contributed by atoms with Crippen LogP contribution in [0.4, 0.5) is 17.6 Å². The first-order valence-electron chi connectivity index (χ1n) is 15.2. The van der Waals surface area contributed by atoms with Gasteiger partial charge in [0, 0.05) is 18.5 Å². The summed E-state index contributed by atoms with van der Waals surface area (Å²) in [5.74, 6) is -0.450. The van der Waals surface area contributed by atoms with E-state index in [9.17, 15) is 22.4 Å². The van der Waals surface area contributed by atoms with Crippen molar-refractivity contribution in [1.29, 1.82) is 5.41 Å². The molecule has 222 valence electrons. The highest BCUT2D eigenvalue weighted by atomic mass is 19.4. The number of nitrogens with zero attached hydrogens (tertiary/aromatic N) is 1. The van der Waals surface area contributed by atoms with Crippen LogP contribution in [0.3, 0.4) is 0 Å². The lowest BCUT2D eigenvalue weighted by Gasteiger charge is -2.44. The zero-order valence-corrected chi connectivity index (χ0v) is 23.3. The lowest BCUT2D eigenvalue weighted by atomic mass is 9.66. The molecule has 3 saturated carbocycles. The number of amides is 1. The molecule has 0 radical (unpaired) electrons. The summed E-state index contributed by atoms with van der Waals surface area (Å²) in [6.45, 7) is 5.35. The third-order valence-corrected chi connectivity index (χ3v) is 10.3. The van der Waals surface area contributed by atoms with Gasteiger partial charge in [0.2, 0.25) is 5.91 Å². The van der Waals surface area contributed by atoms with Crippen LogP contribution in [0.15, 0.2) is 0 Å². The second-order valence-corrected chi connectivity index (χ2v) is 13.4. The van der Waals surface area contributed by atoms with Gasteiger partial charge < -0.3 is 20.3 Å². The minimum absolute atomic E-state index is 0.0103. The molecule has 0 aromatic heterocycles. The maximum absolute atomic E-state index is 14.2. The van der Waals surface area contributed by atoms with Crippen molar-refractivity contribution >= 4 is 11.9 Å². The molecular weight excluding hydrogens is 512 g/mol. The van der Waals surface area contributed by atoms with Gasteiger partial charge in [0.05, 0.1) is 6.54 Å². The fraction of sp³-hybridized carbons (Fsp3) is 0.931. The summed E-state index contributed by atoms with van der Waals surface area (Å²) in [5, 5.41) is 14.3. The molecule has 2 aliphatic heterocycles. The van der Waals surface area contributed by atoms with Crippen LogP contribution in [0.2, 0.25) is 0 Å². The molecule has 1 amide bonds. The molecule has 10 atom stereocenters. The van der Waals surface area contributed by atoms with Crippen LogP contribution in [0.25, 0.3) is 0 Å². The molecule has 10 heteroatoms. The van der Waals surface area contributed by atoms with Crippen LogP contribution >= 0.6 is 0 Å². The van der Waals surface area contributed by atoms with E-state index in [2.05, 4.69) is 10.6 Å². The van der Waals surface area contributed by atoms with Crippen molar-refractivity contribution < 1.29 is 27.1 Å². The third-order valence-electron chi connectivity index (χ3n) is 10.3. The normalized spacial score (nSPS) is 40.7. The number of carbonyl (C=O) groups excluding carboxylic acids is 1.